The molecule has 3 rings (SSSR count). The van der Waals surface area contributed by atoms with Crippen molar-refractivity contribution in [2.75, 3.05) is 32.1 Å². The summed E-state index contributed by atoms with van der Waals surface area (Å²) in [5.41, 5.74) is 2.55. The zero-order valence-corrected chi connectivity index (χ0v) is 13.9. The molecule has 0 aromatic heterocycles. The van der Waals surface area contributed by atoms with Crippen LogP contribution in [0.15, 0.2) is 18.2 Å². The summed E-state index contributed by atoms with van der Waals surface area (Å²) < 4.78 is 0. The number of likely N-dealkylation sites (tertiary alicyclic amines) is 1. The summed E-state index contributed by atoms with van der Waals surface area (Å²) in [5, 5.41) is 4.49. The van der Waals surface area contributed by atoms with Crippen LogP contribution in [0, 0.1) is 0 Å². The highest BCUT2D eigenvalue weighted by atomic mass is 35.5. The van der Waals surface area contributed by atoms with Crippen molar-refractivity contribution in [2.45, 2.75) is 44.3 Å². The van der Waals surface area contributed by atoms with Gasteiger partial charge in [-0.25, -0.2) is 0 Å². The number of rotatable bonds is 5. The Labute approximate surface area is 133 Å². The highest BCUT2D eigenvalue weighted by molar-refractivity contribution is 6.31. The van der Waals surface area contributed by atoms with Gasteiger partial charge in [-0.2, -0.15) is 0 Å². The Morgan fingerprint density at radius 2 is 1.95 bits per heavy atom. The largest absolute Gasteiger partial charge is 0.371 e. The fourth-order valence-corrected chi connectivity index (χ4v) is 3.40. The monoisotopic (exact) mass is 307 g/mol. The minimum Gasteiger partial charge on any atom is -0.371 e. The van der Waals surface area contributed by atoms with Gasteiger partial charge in [-0.15, -0.1) is 0 Å². The number of anilines is 1. The van der Waals surface area contributed by atoms with Gasteiger partial charge < -0.3 is 15.1 Å². The molecule has 1 N–H and O–H groups in total. The molecule has 3 nitrogen and oxygen atoms in total. The van der Waals surface area contributed by atoms with Crippen molar-refractivity contribution < 1.29 is 0 Å². The average molecular weight is 308 g/mol. The third kappa shape index (κ3) is 3.71. The van der Waals surface area contributed by atoms with Gasteiger partial charge in [0, 0.05) is 41.9 Å². The van der Waals surface area contributed by atoms with E-state index in [9.17, 15) is 0 Å². The van der Waals surface area contributed by atoms with Gasteiger partial charge in [-0.05, 0) is 58.0 Å². The maximum absolute atomic E-state index is 6.46. The molecule has 0 atom stereocenters. The Hall–Kier alpha value is -0.770. The highest BCUT2D eigenvalue weighted by Crippen LogP contribution is 2.31. The molecule has 1 heterocycles. The molecular weight excluding hydrogens is 282 g/mol. The number of piperidine rings is 1. The molecule has 1 aromatic rings. The van der Waals surface area contributed by atoms with Crippen molar-refractivity contribution in [1.82, 2.24) is 10.2 Å². The summed E-state index contributed by atoms with van der Waals surface area (Å²) in [7, 11) is 4.43. The van der Waals surface area contributed by atoms with Crippen molar-refractivity contribution in [3.63, 3.8) is 0 Å². The van der Waals surface area contributed by atoms with E-state index >= 15 is 0 Å². The van der Waals surface area contributed by atoms with Gasteiger partial charge in [-0.1, -0.05) is 17.7 Å². The number of benzene rings is 1. The van der Waals surface area contributed by atoms with Gasteiger partial charge in [0.2, 0.25) is 0 Å². The van der Waals surface area contributed by atoms with E-state index in [1.54, 1.807) is 0 Å². The summed E-state index contributed by atoms with van der Waals surface area (Å²) in [6.45, 7) is 3.26. The van der Waals surface area contributed by atoms with E-state index < -0.39 is 0 Å². The first-order chi connectivity index (χ1) is 10.1. The van der Waals surface area contributed by atoms with E-state index in [1.807, 2.05) is 6.07 Å². The lowest BCUT2D eigenvalue weighted by molar-refractivity contribution is 0.252. The molecule has 0 bridgehead atoms. The molecule has 1 saturated carbocycles. The van der Waals surface area contributed by atoms with Crippen LogP contribution < -0.4 is 10.2 Å². The molecule has 4 heteroatoms. The molecule has 0 spiro atoms. The predicted molar refractivity (Wildman–Crippen MR) is 90.2 cm³/mol. The molecular formula is C17H26ClN3. The number of nitrogens with one attached hydrogen (secondary N) is 1. The molecule has 0 unspecified atom stereocenters. The van der Waals surface area contributed by atoms with Crippen LogP contribution in [-0.2, 0) is 6.54 Å². The lowest BCUT2D eigenvalue weighted by atomic mass is 10.0. The standard InChI is InChI=1S/C17H26ClN3/c1-20-10-8-14(9-11-20)21(2)17-5-3-4-16(18)15(17)12-19-13-6-7-13/h3-5,13-14,19H,6-12H2,1-2H3. The molecule has 116 valence electrons. The first-order valence-electron chi connectivity index (χ1n) is 8.07. The lowest BCUT2D eigenvalue weighted by Crippen LogP contribution is -2.42. The van der Waals surface area contributed by atoms with Crippen LogP contribution in [0.1, 0.15) is 31.2 Å². The van der Waals surface area contributed by atoms with Gasteiger partial charge in [0.15, 0.2) is 0 Å². The van der Waals surface area contributed by atoms with E-state index in [4.69, 9.17) is 11.6 Å². The summed E-state index contributed by atoms with van der Waals surface area (Å²) in [6.07, 6.45) is 5.08. The number of hydrogen-bond donors (Lipinski definition) is 1. The van der Waals surface area contributed by atoms with Gasteiger partial charge in [0.25, 0.3) is 0 Å². The molecule has 21 heavy (non-hydrogen) atoms. The maximum Gasteiger partial charge on any atom is 0.0471 e. The summed E-state index contributed by atoms with van der Waals surface area (Å²) in [4.78, 5) is 4.86. The van der Waals surface area contributed by atoms with E-state index in [-0.39, 0.29) is 0 Å². The van der Waals surface area contributed by atoms with Crippen LogP contribution in [0.2, 0.25) is 5.02 Å². The highest BCUT2D eigenvalue weighted by Gasteiger charge is 2.24. The number of halogens is 1. The lowest BCUT2D eigenvalue weighted by Gasteiger charge is -2.37. The summed E-state index contributed by atoms with van der Waals surface area (Å²) >= 11 is 6.46. The molecule has 2 aliphatic rings. The number of hydrogen-bond acceptors (Lipinski definition) is 3. The minimum absolute atomic E-state index is 0.624. The third-order valence-corrected chi connectivity index (χ3v) is 5.21. The second-order valence-corrected chi connectivity index (χ2v) is 6.95. The minimum atomic E-state index is 0.624. The molecule has 0 amide bonds. The number of nitrogens with zero attached hydrogens (tertiary/aromatic N) is 2. The zero-order chi connectivity index (χ0) is 14.8. The Morgan fingerprint density at radius 1 is 1.24 bits per heavy atom. The van der Waals surface area contributed by atoms with Crippen LogP contribution in [0.4, 0.5) is 5.69 Å². The van der Waals surface area contributed by atoms with Crippen LogP contribution in [0.3, 0.4) is 0 Å². The van der Waals surface area contributed by atoms with Crippen molar-refractivity contribution in [2.24, 2.45) is 0 Å². The summed E-state index contributed by atoms with van der Waals surface area (Å²) in [6, 6.07) is 7.64. The normalized spacial score (nSPS) is 20.7. The molecule has 0 radical (unpaired) electrons. The molecule has 1 aromatic carbocycles. The maximum atomic E-state index is 6.46. The first-order valence-corrected chi connectivity index (χ1v) is 8.45. The van der Waals surface area contributed by atoms with Gasteiger partial charge in [0.1, 0.15) is 0 Å². The average Bonchev–Trinajstić information content (AvgIpc) is 3.30. The van der Waals surface area contributed by atoms with E-state index in [0.29, 0.717) is 12.1 Å². The van der Waals surface area contributed by atoms with Crippen LogP contribution >= 0.6 is 11.6 Å². The Bertz CT molecular complexity index is 479. The van der Waals surface area contributed by atoms with Crippen molar-refractivity contribution in [1.29, 1.82) is 0 Å². The Kier molecular flexibility index (Phi) is 4.72. The zero-order valence-electron chi connectivity index (χ0n) is 13.1. The van der Waals surface area contributed by atoms with Gasteiger partial charge in [0.05, 0.1) is 0 Å². The van der Waals surface area contributed by atoms with Crippen LogP contribution in [0.25, 0.3) is 0 Å². The van der Waals surface area contributed by atoms with E-state index in [1.165, 1.54) is 50.0 Å². The Morgan fingerprint density at radius 3 is 2.62 bits per heavy atom. The van der Waals surface area contributed by atoms with Gasteiger partial charge in [-0.3, -0.25) is 0 Å². The quantitative estimate of drug-likeness (QED) is 0.901. The fourth-order valence-electron chi connectivity index (χ4n) is 3.17. The first kappa shape index (κ1) is 15.1. The van der Waals surface area contributed by atoms with Crippen LogP contribution in [-0.4, -0.2) is 44.2 Å². The predicted octanol–water partition coefficient (Wildman–Crippen LogP) is 3.12. The van der Waals surface area contributed by atoms with Crippen molar-refractivity contribution in [3.8, 4) is 0 Å². The topological polar surface area (TPSA) is 18.5 Å². The smallest absolute Gasteiger partial charge is 0.0471 e. The molecule has 1 aliphatic heterocycles. The van der Waals surface area contributed by atoms with Gasteiger partial charge >= 0.3 is 0 Å². The van der Waals surface area contributed by atoms with E-state index in [0.717, 1.165) is 11.6 Å². The Balaban J connectivity index is 1.74. The second kappa shape index (κ2) is 6.55. The second-order valence-electron chi connectivity index (χ2n) is 6.54. The summed E-state index contributed by atoms with van der Waals surface area (Å²) in [5.74, 6) is 0. The molecule has 1 saturated heterocycles. The molecule has 2 fully saturated rings. The van der Waals surface area contributed by atoms with Crippen LogP contribution in [0.5, 0.6) is 0 Å². The van der Waals surface area contributed by atoms with Crippen molar-refractivity contribution in [3.05, 3.63) is 28.8 Å². The van der Waals surface area contributed by atoms with E-state index in [2.05, 4.69) is 41.3 Å². The third-order valence-electron chi connectivity index (χ3n) is 4.85. The molecule has 1 aliphatic carbocycles. The van der Waals surface area contributed by atoms with Crippen molar-refractivity contribution >= 4 is 17.3 Å². The SMILES string of the molecule is CN1CCC(N(C)c2cccc(Cl)c2CNC2CC2)CC1. The fraction of sp³-hybridized carbons (Fsp3) is 0.647.